The molecule has 2 aliphatic heterocycles. The van der Waals surface area contributed by atoms with Crippen molar-refractivity contribution in [2.75, 3.05) is 26.2 Å². The van der Waals surface area contributed by atoms with E-state index >= 15 is 0 Å². The summed E-state index contributed by atoms with van der Waals surface area (Å²) in [6, 6.07) is 0. The Morgan fingerprint density at radius 3 is 2.67 bits per heavy atom. The van der Waals surface area contributed by atoms with Gasteiger partial charge in [-0.05, 0) is 44.6 Å². The fraction of sp³-hybridized carbons (Fsp3) is 1.00. The van der Waals surface area contributed by atoms with Crippen molar-refractivity contribution in [3.05, 3.63) is 0 Å². The molecule has 0 saturated carbocycles. The van der Waals surface area contributed by atoms with Gasteiger partial charge in [-0.2, -0.15) is 0 Å². The van der Waals surface area contributed by atoms with Crippen molar-refractivity contribution in [1.29, 1.82) is 0 Å². The van der Waals surface area contributed by atoms with Crippen molar-refractivity contribution >= 4 is 10.0 Å². The summed E-state index contributed by atoms with van der Waals surface area (Å²) in [4.78, 5) is 0. The average molecular weight is 274 g/mol. The van der Waals surface area contributed by atoms with E-state index in [0.29, 0.717) is 6.54 Å². The van der Waals surface area contributed by atoms with Crippen molar-refractivity contribution in [2.45, 2.75) is 50.7 Å². The van der Waals surface area contributed by atoms with Gasteiger partial charge in [-0.25, -0.2) is 12.7 Å². The second-order valence-electron chi connectivity index (χ2n) is 5.62. The topological polar surface area (TPSA) is 49.4 Å². The maximum atomic E-state index is 12.6. The maximum absolute atomic E-state index is 12.6. The minimum atomic E-state index is -3.07. The van der Waals surface area contributed by atoms with Crippen LogP contribution in [0.4, 0.5) is 0 Å². The van der Waals surface area contributed by atoms with E-state index in [9.17, 15) is 8.42 Å². The highest BCUT2D eigenvalue weighted by atomic mass is 32.2. The lowest BCUT2D eigenvalue weighted by atomic mass is 9.98. The van der Waals surface area contributed by atoms with Crippen LogP contribution in [0.15, 0.2) is 0 Å². The van der Waals surface area contributed by atoms with E-state index in [1.807, 2.05) is 0 Å². The zero-order valence-corrected chi connectivity index (χ0v) is 12.2. The summed E-state index contributed by atoms with van der Waals surface area (Å²) in [7, 11) is -3.07. The maximum Gasteiger partial charge on any atom is 0.218 e. The molecule has 0 aromatic rings. The van der Waals surface area contributed by atoms with Gasteiger partial charge in [0.05, 0.1) is 5.25 Å². The molecule has 0 radical (unpaired) electrons. The molecule has 4 nitrogen and oxygen atoms in total. The van der Waals surface area contributed by atoms with Crippen LogP contribution in [0.25, 0.3) is 0 Å². The first-order valence-corrected chi connectivity index (χ1v) is 8.84. The Bertz CT molecular complexity index is 350. The van der Waals surface area contributed by atoms with Crippen LogP contribution in [-0.4, -0.2) is 44.2 Å². The third-order valence-electron chi connectivity index (χ3n) is 4.42. The first-order chi connectivity index (χ1) is 8.64. The highest BCUT2D eigenvalue weighted by Gasteiger charge is 2.33. The van der Waals surface area contributed by atoms with Crippen molar-refractivity contribution in [1.82, 2.24) is 9.62 Å². The molecule has 2 heterocycles. The van der Waals surface area contributed by atoms with Gasteiger partial charge < -0.3 is 5.32 Å². The Labute approximate surface area is 111 Å². The Balaban J connectivity index is 2.00. The lowest BCUT2D eigenvalue weighted by Crippen LogP contribution is -2.46. The second kappa shape index (κ2) is 6.35. The van der Waals surface area contributed by atoms with Crippen LogP contribution in [0.3, 0.4) is 0 Å². The molecule has 2 aliphatic rings. The minimum absolute atomic E-state index is 0.190. The molecular weight excluding hydrogens is 248 g/mol. The highest BCUT2D eigenvalue weighted by molar-refractivity contribution is 7.89. The molecule has 0 spiro atoms. The van der Waals surface area contributed by atoms with Crippen LogP contribution in [0.2, 0.25) is 0 Å². The van der Waals surface area contributed by atoms with Crippen LogP contribution >= 0.6 is 0 Å². The van der Waals surface area contributed by atoms with Gasteiger partial charge in [0.2, 0.25) is 10.0 Å². The van der Waals surface area contributed by atoms with Gasteiger partial charge in [0, 0.05) is 19.6 Å². The van der Waals surface area contributed by atoms with E-state index < -0.39 is 10.0 Å². The van der Waals surface area contributed by atoms with Gasteiger partial charge >= 0.3 is 0 Å². The molecular formula is C13H26N2O2S. The molecule has 0 amide bonds. The number of hydrogen-bond donors (Lipinski definition) is 1. The Hall–Kier alpha value is -0.130. The summed E-state index contributed by atoms with van der Waals surface area (Å²) < 4.78 is 26.9. The number of nitrogens with zero attached hydrogens (tertiary/aromatic N) is 1. The van der Waals surface area contributed by atoms with E-state index in [-0.39, 0.29) is 5.25 Å². The zero-order chi connectivity index (χ0) is 13.0. The standard InChI is InChI=1S/C13H26N2O2S/c1-2-12-5-4-9-15(10-7-12)18(16,17)13-6-3-8-14-11-13/h12-14H,2-11H2,1H3. The predicted molar refractivity (Wildman–Crippen MR) is 74.0 cm³/mol. The normalized spacial score (nSPS) is 32.1. The minimum Gasteiger partial charge on any atom is -0.315 e. The molecule has 1 N–H and O–H groups in total. The summed E-state index contributed by atoms with van der Waals surface area (Å²) in [6.07, 6.45) is 6.23. The monoisotopic (exact) mass is 274 g/mol. The van der Waals surface area contributed by atoms with Crippen LogP contribution in [-0.2, 0) is 10.0 Å². The molecule has 2 rings (SSSR count). The number of rotatable bonds is 3. The lowest BCUT2D eigenvalue weighted by molar-refractivity contribution is 0.390. The van der Waals surface area contributed by atoms with Crippen LogP contribution in [0, 0.1) is 5.92 Å². The molecule has 106 valence electrons. The molecule has 2 atom stereocenters. The van der Waals surface area contributed by atoms with Crippen molar-refractivity contribution in [3.63, 3.8) is 0 Å². The summed E-state index contributed by atoms with van der Waals surface area (Å²) >= 11 is 0. The third-order valence-corrected chi connectivity index (χ3v) is 6.75. The molecule has 0 aromatic heterocycles. The van der Waals surface area contributed by atoms with Gasteiger partial charge in [0.15, 0.2) is 0 Å². The van der Waals surface area contributed by atoms with Gasteiger partial charge in [-0.1, -0.05) is 13.3 Å². The fourth-order valence-corrected chi connectivity index (χ4v) is 5.04. The predicted octanol–water partition coefficient (Wildman–Crippen LogP) is 1.58. The second-order valence-corrected chi connectivity index (χ2v) is 7.83. The Morgan fingerprint density at radius 2 is 2.00 bits per heavy atom. The van der Waals surface area contributed by atoms with Crippen molar-refractivity contribution in [2.24, 2.45) is 5.92 Å². The quantitative estimate of drug-likeness (QED) is 0.850. The number of piperidine rings is 1. The Kier molecular flexibility index (Phi) is 5.04. The van der Waals surface area contributed by atoms with Crippen molar-refractivity contribution in [3.8, 4) is 0 Å². The van der Waals surface area contributed by atoms with Gasteiger partial charge in [-0.15, -0.1) is 0 Å². The molecule has 18 heavy (non-hydrogen) atoms. The summed E-state index contributed by atoms with van der Waals surface area (Å²) in [5.74, 6) is 0.717. The van der Waals surface area contributed by atoms with E-state index in [2.05, 4.69) is 12.2 Å². The van der Waals surface area contributed by atoms with E-state index in [0.717, 1.165) is 51.2 Å². The lowest BCUT2D eigenvalue weighted by Gasteiger charge is -2.29. The van der Waals surface area contributed by atoms with Gasteiger partial charge in [0.25, 0.3) is 0 Å². The zero-order valence-electron chi connectivity index (χ0n) is 11.4. The highest BCUT2D eigenvalue weighted by Crippen LogP contribution is 2.24. The van der Waals surface area contributed by atoms with Gasteiger partial charge in [0.1, 0.15) is 0 Å². The number of sulfonamides is 1. The largest absolute Gasteiger partial charge is 0.315 e. The molecule has 5 heteroatoms. The van der Waals surface area contributed by atoms with Crippen molar-refractivity contribution < 1.29 is 8.42 Å². The Morgan fingerprint density at radius 1 is 1.17 bits per heavy atom. The molecule has 2 saturated heterocycles. The summed E-state index contributed by atoms with van der Waals surface area (Å²) in [5.41, 5.74) is 0. The molecule has 0 aromatic carbocycles. The average Bonchev–Trinajstić information content (AvgIpc) is 2.65. The van der Waals surface area contributed by atoms with Crippen LogP contribution < -0.4 is 5.32 Å². The SMILES string of the molecule is CCC1CCCN(S(=O)(=O)C2CCCNC2)CC1. The molecule has 0 aliphatic carbocycles. The summed E-state index contributed by atoms with van der Waals surface area (Å²) in [6.45, 7) is 5.27. The number of nitrogens with one attached hydrogen (secondary N) is 1. The third kappa shape index (κ3) is 3.25. The number of hydrogen-bond acceptors (Lipinski definition) is 3. The first-order valence-electron chi connectivity index (χ1n) is 7.34. The smallest absolute Gasteiger partial charge is 0.218 e. The summed E-state index contributed by atoms with van der Waals surface area (Å²) in [5, 5.41) is 3.02. The molecule has 0 bridgehead atoms. The van der Waals surface area contributed by atoms with Gasteiger partial charge in [-0.3, -0.25) is 0 Å². The van der Waals surface area contributed by atoms with Crippen LogP contribution in [0.1, 0.15) is 45.4 Å². The van der Waals surface area contributed by atoms with E-state index in [4.69, 9.17) is 0 Å². The van der Waals surface area contributed by atoms with E-state index in [1.165, 1.54) is 12.8 Å². The first kappa shape index (κ1) is 14.3. The van der Waals surface area contributed by atoms with E-state index in [1.54, 1.807) is 4.31 Å². The fourth-order valence-electron chi connectivity index (χ4n) is 3.09. The van der Waals surface area contributed by atoms with Crippen LogP contribution in [0.5, 0.6) is 0 Å². The molecule has 2 fully saturated rings. The molecule has 2 unspecified atom stereocenters.